The Morgan fingerprint density at radius 2 is 1.44 bits per heavy atom. The maximum absolute atomic E-state index is 10.7. The van der Waals surface area contributed by atoms with Crippen LogP contribution in [0.4, 0.5) is 0 Å². The van der Waals surface area contributed by atoms with E-state index < -0.39 is 0 Å². The molecule has 0 spiro atoms. The minimum Gasteiger partial charge on any atom is -0.506 e. The van der Waals surface area contributed by atoms with Crippen molar-refractivity contribution in [2.24, 2.45) is 4.99 Å². The van der Waals surface area contributed by atoms with Crippen molar-refractivity contribution >= 4 is 27.3 Å². The zero-order valence-corrected chi connectivity index (χ0v) is 15.6. The Balaban J connectivity index is 1.66. The average molecular weight is 372 g/mol. The van der Waals surface area contributed by atoms with E-state index >= 15 is 0 Å². The molecule has 134 valence electrons. The van der Waals surface area contributed by atoms with E-state index in [1.165, 1.54) is 5.56 Å². The quantitative estimate of drug-likeness (QED) is 0.367. The fourth-order valence-electron chi connectivity index (χ4n) is 2.94. The summed E-state index contributed by atoms with van der Waals surface area (Å²) in [5.74, 6) is 1.02. The van der Waals surface area contributed by atoms with Crippen molar-refractivity contribution in [3.8, 4) is 5.75 Å². The number of amidine groups is 1. The molecule has 0 aliphatic heterocycles. The number of rotatable bonds is 5. The topological polar surface area (TPSA) is 44.6 Å². The fourth-order valence-corrected chi connectivity index (χ4v) is 4.02. The van der Waals surface area contributed by atoms with Crippen LogP contribution in [0.15, 0.2) is 89.9 Å². The van der Waals surface area contributed by atoms with E-state index in [-0.39, 0.29) is 0 Å². The molecule has 0 unspecified atom stereocenters. The Morgan fingerprint density at radius 3 is 2.15 bits per heavy atom. The van der Waals surface area contributed by atoms with Gasteiger partial charge in [-0.2, -0.15) is 0 Å². The summed E-state index contributed by atoms with van der Waals surface area (Å²) < 4.78 is 1.05. The summed E-state index contributed by atoms with van der Waals surface area (Å²) in [5, 5.41) is 15.0. The predicted octanol–water partition coefficient (Wildman–Crippen LogP) is 5.34. The summed E-state index contributed by atoms with van der Waals surface area (Å²) in [7, 11) is 0. The van der Waals surface area contributed by atoms with Gasteiger partial charge in [0.15, 0.2) is 0 Å². The molecule has 0 atom stereocenters. The third kappa shape index (κ3) is 4.01. The first-order valence-corrected chi connectivity index (χ1v) is 9.70. The van der Waals surface area contributed by atoms with E-state index in [0.29, 0.717) is 18.8 Å². The fraction of sp³-hybridized carbons (Fsp3) is 0.0870. The highest BCUT2D eigenvalue weighted by Gasteiger charge is 2.16. The second-order valence-electron chi connectivity index (χ2n) is 6.27. The van der Waals surface area contributed by atoms with Gasteiger partial charge in [0.25, 0.3) is 0 Å². The van der Waals surface area contributed by atoms with Crippen LogP contribution < -0.4 is 5.32 Å². The van der Waals surface area contributed by atoms with Gasteiger partial charge < -0.3 is 10.4 Å². The normalized spacial score (nSPS) is 11.6. The summed E-state index contributed by atoms with van der Waals surface area (Å²) in [6, 6.07) is 28.2. The lowest BCUT2D eigenvalue weighted by atomic mass is 10.2. The van der Waals surface area contributed by atoms with Gasteiger partial charge in [-0.15, -0.1) is 11.3 Å². The SMILES string of the molecule is Oc1c(C(=NCc2ccccc2)NCc2ccccc2)sc2ccccc12. The predicted molar refractivity (Wildman–Crippen MR) is 113 cm³/mol. The Bertz CT molecular complexity index is 1060. The number of thiophene rings is 1. The zero-order chi connectivity index (χ0) is 18.5. The third-order valence-electron chi connectivity index (χ3n) is 4.35. The zero-order valence-electron chi connectivity index (χ0n) is 14.8. The highest BCUT2D eigenvalue weighted by Crippen LogP contribution is 2.36. The number of nitrogens with one attached hydrogen (secondary N) is 1. The van der Waals surface area contributed by atoms with Gasteiger partial charge in [-0.05, 0) is 23.3 Å². The van der Waals surface area contributed by atoms with E-state index in [2.05, 4.69) is 29.6 Å². The monoisotopic (exact) mass is 372 g/mol. The van der Waals surface area contributed by atoms with Crippen molar-refractivity contribution < 1.29 is 5.11 Å². The van der Waals surface area contributed by atoms with Gasteiger partial charge >= 0.3 is 0 Å². The highest BCUT2D eigenvalue weighted by atomic mass is 32.1. The molecule has 4 rings (SSSR count). The molecule has 4 aromatic rings. The number of aromatic hydroxyl groups is 1. The lowest BCUT2D eigenvalue weighted by molar-refractivity contribution is 0.482. The maximum atomic E-state index is 10.7. The third-order valence-corrected chi connectivity index (χ3v) is 5.52. The van der Waals surface area contributed by atoms with Crippen LogP contribution in [-0.2, 0) is 13.1 Å². The van der Waals surface area contributed by atoms with E-state index in [1.54, 1.807) is 11.3 Å². The lowest BCUT2D eigenvalue weighted by Gasteiger charge is -2.10. The first kappa shape index (κ1) is 17.3. The van der Waals surface area contributed by atoms with Crippen LogP contribution in [0.1, 0.15) is 16.0 Å². The Labute approximate surface area is 162 Å². The first-order chi connectivity index (χ1) is 13.3. The van der Waals surface area contributed by atoms with Crippen molar-refractivity contribution in [1.82, 2.24) is 5.32 Å². The van der Waals surface area contributed by atoms with Gasteiger partial charge in [-0.3, -0.25) is 4.99 Å². The molecule has 3 nitrogen and oxygen atoms in total. The summed E-state index contributed by atoms with van der Waals surface area (Å²) in [6.07, 6.45) is 0. The molecule has 0 aliphatic carbocycles. The lowest BCUT2D eigenvalue weighted by Crippen LogP contribution is -2.23. The number of benzene rings is 3. The summed E-state index contributed by atoms with van der Waals surface area (Å²) in [6.45, 7) is 1.22. The standard InChI is InChI=1S/C23H20N2OS/c26-21-19-13-7-8-14-20(19)27-22(21)23(24-15-17-9-3-1-4-10-17)25-16-18-11-5-2-6-12-18/h1-14,26H,15-16H2,(H,24,25). The van der Waals surface area contributed by atoms with Crippen LogP contribution in [0.3, 0.4) is 0 Å². The highest BCUT2D eigenvalue weighted by molar-refractivity contribution is 7.21. The van der Waals surface area contributed by atoms with Gasteiger partial charge in [0.05, 0.1) is 6.54 Å². The van der Waals surface area contributed by atoms with Crippen molar-refractivity contribution in [1.29, 1.82) is 0 Å². The van der Waals surface area contributed by atoms with Crippen molar-refractivity contribution in [3.05, 3.63) is 101 Å². The van der Waals surface area contributed by atoms with Crippen LogP contribution in [0.25, 0.3) is 10.1 Å². The largest absolute Gasteiger partial charge is 0.506 e. The molecular formula is C23H20N2OS. The molecule has 0 amide bonds. The minimum atomic E-state index is 0.294. The molecule has 0 radical (unpaired) electrons. The summed E-state index contributed by atoms with van der Waals surface area (Å²) in [4.78, 5) is 5.57. The number of nitrogens with zero attached hydrogens (tertiary/aromatic N) is 1. The second-order valence-corrected chi connectivity index (χ2v) is 7.32. The molecule has 3 aromatic carbocycles. The molecule has 27 heavy (non-hydrogen) atoms. The molecule has 0 aliphatic rings. The van der Waals surface area contributed by atoms with Crippen LogP contribution in [0, 0.1) is 0 Å². The van der Waals surface area contributed by atoms with Gasteiger partial charge in [0.2, 0.25) is 0 Å². The molecule has 2 N–H and O–H groups in total. The van der Waals surface area contributed by atoms with Crippen LogP contribution in [-0.4, -0.2) is 10.9 Å². The van der Waals surface area contributed by atoms with Crippen LogP contribution in [0.5, 0.6) is 5.75 Å². The Kier molecular flexibility index (Phi) is 5.17. The van der Waals surface area contributed by atoms with Crippen molar-refractivity contribution in [3.63, 3.8) is 0 Å². The van der Waals surface area contributed by atoms with Crippen LogP contribution in [0.2, 0.25) is 0 Å². The van der Waals surface area contributed by atoms with Crippen LogP contribution >= 0.6 is 11.3 Å². The van der Waals surface area contributed by atoms with E-state index in [4.69, 9.17) is 4.99 Å². The first-order valence-electron chi connectivity index (χ1n) is 8.88. The number of hydrogen-bond acceptors (Lipinski definition) is 3. The summed E-state index contributed by atoms with van der Waals surface area (Å²) >= 11 is 1.56. The Morgan fingerprint density at radius 1 is 0.815 bits per heavy atom. The molecule has 0 bridgehead atoms. The van der Waals surface area contributed by atoms with E-state index in [0.717, 1.165) is 26.4 Å². The molecular weight excluding hydrogens is 352 g/mol. The number of fused-ring (bicyclic) bond motifs is 1. The molecule has 0 fully saturated rings. The molecule has 1 aromatic heterocycles. The van der Waals surface area contributed by atoms with Gasteiger partial charge in [0.1, 0.15) is 16.5 Å². The molecule has 0 saturated carbocycles. The minimum absolute atomic E-state index is 0.294. The second kappa shape index (κ2) is 8.06. The number of aliphatic imine (C=N–C) groups is 1. The van der Waals surface area contributed by atoms with Gasteiger partial charge in [-0.1, -0.05) is 72.8 Å². The summed E-state index contributed by atoms with van der Waals surface area (Å²) in [5.41, 5.74) is 2.31. The molecule has 0 saturated heterocycles. The molecule has 4 heteroatoms. The van der Waals surface area contributed by atoms with Crippen molar-refractivity contribution in [2.75, 3.05) is 0 Å². The molecule has 1 heterocycles. The van der Waals surface area contributed by atoms with E-state index in [1.807, 2.05) is 60.7 Å². The van der Waals surface area contributed by atoms with Crippen molar-refractivity contribution in [2.45, 2.75) is 13.1 Å². The maximum Gasteiger partial charge on any atom is 0.145 e. The Hall–Kier alpha value is -3.11. The smallest absolute Gasteiger partial charge is 0.145 e. The van der Waals surface area contributed by atoms with Gasteiger partial charge in [0, 0.05) is 16.6 Å². The number of hydrogen-bond donors (Lipinski definition) is 2. The average Bonchev–Trinajstić information content (AvgIpc) is 3.06. The van der Waals surface area contributed by atoms with Gasteiger partial charge in [-0.25, -0.2) is 0 Å². The van der Waals surface area contributed by atoms with E-state index in [9.17, 15) is 5.11 Å².